The van der Waals surface area contributed by atoms with Crippen molar-refractivity contribution in [1.82, 2.24) is 20.6 Å². The standard InChI is InChI=1S/C19H17F2N7O3/c20-19(21)31-14-7-12-15(30-5-3-22-12)6-10(14)16-13(9-24-27-16)26-18(29)11-8-25-28-4-1-2-23-17(11)28/h1-2,4,6-7,9,19,22,25H,3,5,8H2,(H,24,27)(H,26,29). The van der Waals surface area contributed by atoms with E-state index in [0.717, 1.165) is 0 Å². The monoisotopic (exact) mass is 429 g/mol. The summed E-state index contributed by atoms with van der Waals surface area (Å²) in [6.07, 6.45) is 6.54. The lowest BCUT2D eigenvalue weighted by Gasteiger charge is -2.21. The van der Waals surface area contributed by atoms with E-state index in [1.165, 1.54) is 12.3 Å². The number of nitrogens with zero attached hydrogens (tertiary/aromatic N) is 3. The molecule has 10 nitrogen and oxygen atoms in total. The van der Waals surface area contributed by atoms with E-state index in [1.54, 1.807) is 29.6 Å². The fourth-order valence-electron chi connectivity index (χ4n) is 3.48. The minimum absolute atomic E-state index is 0.0906. The third-order valence-corrected chi connectivity index (χ3v) is 4.83. The molecule has 5 rings (SSSR count). The Labute approximate surface area is 174 Å². The number of aromatic nitrogens is 2. The number of allylic oxidation sites excluding steroid dienone is 1. The lowest BCUT2D eigenvalue weighted by atomic mass is 10.1. The first-order valence-corrected chi connectivity index (χ1v) is 9.42. The Balaban J connectivity index is 1.48. The highest BCUT2D eigenvalue weighted by Crippen LogP contribution is 2.42. The molecule has 0 fully saturated rings. The van der Waals surface area contributed by atoms with Crippen LogP contribution in [-0.2, 0) is 4.79 Å². The number of H-pyrrole nitrogens is 1. The van der Waals surface area contributed by atoms with Crippen LogP contribution in [0.15, 0.2) is 47.0 Å². The van der Waals surface area contributed by atoms with Crippen LogP contribution in [0.2, 0.25) is 0 Å². The number of alkyl halides is 2. The fraction of sp³-hybridized carbons (Fsp3) is 0.211. The maximum Gasteiger partial charge on any atom is 0.387 e. The molecule has 31 heavy (non-hydrogen) atoms. The number of hydrazine groups is 1. The molecule has 160 valence electrons. The zero-order chi connectivity index (χ0) is 21.4. The topological polar surface area (TPSA) is 116 Å². The lowest BCUT2D eigenvalue weighted by Crippen LogP contribution is -2.27. The number of rotatable bonds is 5. The van der Waals surface area contributed by atoms with E-state index in [9.17, 15) is 13.6 Å². The summed E-state index contributed by atoms with van der Waals surface area (Å²) in [7, 11) is 0. The molecule has 2 aromatic rings. The molecule has 4 heterocycles. The fourth-order valence-corrected chi connectivity index (χ4v) is 3.48. The maximum atomic E-state index is 13.0. The second-order valence-electron chi connectivity index (χ2n) is 6.73. The molecule has 0 spiro atoms. The number of anilines is 2. The largest absolute Gasteiger partial charge is 0.490 e. The van der Waals surface area contributed by atoms with Crippen molar-refractivity contribution >= 4 is 23.5 Å². The van der Waals surface area contributed by atoms with Gasteiger partial charge in [0.2, 0.25) is 0 Å². The average Bonchev–Trinajstić information content (AvgIpc) is 3.40. The molecule has 0 saturated heterocycles. The molecule has 0 unspecified atom stereocenters. The summed E-state index contributed by atoms with van der Waals surface area (Å²) < 4.78 is 36.4. The summed E-state index contributed by atoms with van der Waals surface area (Å²) in [4.78, 5) is 17.1. The number of carbonyl (C=O) groups excluding carboxylic acids is 1. The van der Waals surface area contributed by atoms with Crippen LogP contribution < -0.4 is 25.5 Å². The molecule has 12 heteroatoms. The quantitative estimate of drug-likeness (QED) is 0.575. The van der Waals surface area contributed by atoms with Crippen molar-refractivity contribution < 1.29 is 23.0 Å². The van der Waals surface area contributed by atoms with Gasteiger partial charge in [0, 0.05) is 37.8 Å². The van der Waals surface area contributed by atoms with E-state index in [4.69, 9.17) is 9.47 Å². The summed E-state index contributed by atoms with van der Waals surface area (Å²) in [5.41, 5.74) is 4.78. The number of amides is 1. The van der Waals surface area contributed by atoms with E-state index in [0.29, 0.717) is 41.7 Å². The van der Waals surface area contributed by atoms with Gasteiger partial charge in [-0.1, -0.05) is 0 Å². The van der Waals surface area contributed by atoms with Crippen LogP contribution in [-0.4, -0.2) is 53.6 Å². The third kappa shape index (κ3) is 3.57. The summed E-state index contributed by atoms with van der Waals surface area (Å²) in [5.74, 6) is 0.478. The lowest BCUT2D eigenvalue weighted by molar-refractivity contribution is -0.112. The predicted octanol–water partition coefficient (Wildman–Crippen LogP) is 2.05. The minimum atomic E-state index is -3.03. The number of benzene rings is 1. The Morgan fingerprint density at radius 1 is 1.35 bits per heavy atom. The first-order valence-electron chi connectivity index (χ1n) is 9.42. The second kappa shape index (κ2) is 7.72. The van der Waals surface area contributed by atoms with Gasteiger partial charge >= 0.3 is 6.61 Å². The Hall–Kier alpha value is -3.93. The first kappa shape index (κ1) is 19.1. The minimum Gasteiger partial charge on any atom is -0.490 e. The molecular formula is C19H17F2N7O3. The highest BCUT2D eigenvalue weighted by Gasteiger charge is 2.28. The SMILES string of the molecule is O=C(Nc1c[nH]nc1-c1cc2c(cc1OC(F)F)NCCO2)C1=C2N=CC=CN2NC1. The summed E-state index contributed by atoms with van der Waals surface area (Å²) in [6.45, 7) is -1.77. The van der Waals surface area contributed by atoms with Crippen molar-refractivity contribution in [3.63, 3.8) is 0 Å². The van der Waals surface area contributed by atoms with Gasteiger partial charge in [0.25, 0.3) is 5.91 Å². The highest BCUT2D eigenvalue weighted by atomic mass is 19.3. The molecule has 0 atom stereocenters. The number of hydrogen-bond acceptors (Lipinski definition) is 8. The van der Waals surface area contributed by atoms with Crippen molar-refractivity contribution in [3.8, 4) is 22.8 Å². The Bertz CT molecular complexity index is 1130. The van der Waals surface area contributed by atoms with Crippen molar-refractivity contribution in [1.29, 1.82) is 0 Å². The number of hydrogen-bond donors (Lipinski definition) is 4. The van der Waals surface area contributed by atoms with Crippen LogP contribution in [0.3, 0.4) is 0 Å². The zero-order valence-corrected chi connectivity index (χ0v) is 16.0. The van der Waals surface area contributed by atoms with E-state index in [2.05, 4.69) is 31.2 Å². The summed E-state index contributed by atoms with van der Waals surface area (Å²) in [5, 5.41) is 14.3. The van der Waals surface area contributed by atoms with Crippen LogP contribution in [0.1, 0.15) is 0 Å². The smallest absolute Gasteiger partial charge is 0.387 e. The van der Waals surface area contributed by atoms with Crippen LogP contribution >= 0.6 is 0 Å². The second-order valence-corrected chi connectivity index (χ2v) is 6.73. The van der Waals surface area contributed by atoms with Gasteiger partial charge in [-0.05, 0) is 12.1 Å². The molecule has 0 bridgehead atoms. The van der Waals surface area contributed by atoms with Crippen LogP contribution in [0, 0.1) is 0 Å². The Morgan fingerprint density at radius 2 is 2.26 bits per heavy atom. The zero-order valence-electron chi connectivity index (χ0n) is 16.0. The molecule has 1 aromatic heterocycles. The van der Waals surface area contributed by atoms with Gasteiger partial charge in [-0.15, -0.1) is 0 Å². The van der Waals surface area contributed by atoms with E-state index < -0.39 is 12.5 Å². The van der Waals surface area contributed by atoms with Crippen LogP contribution in [0.5, 0.6) is 11.5 Å². The predicted molar refractivity (Wildman–Crippen MR) is 108 cm³/mol. The van der Waals surface area contributed by atoms with E-state index >= 15 is 0 Å². The molecule has 3 aliphatic rings. The van der Waals surface area contributed by atoms with Crippen molar-refractivity contribution in [2.75, 3.05) is 30.3 Å². The summed E-state index contributed by atoms with van der Waals surface area (Å²) >= 11 is 0. The molecule has 1 aromatic carbocycles. The van der Waals surface area contributed by atoms with E-state index in [-0.39, 0.29) is 23.6 Å². The van der Waals surface area contributed by atoms with Gasteiger partial charge in [-0.25, -0.2) is 10.4 Å². The van der Waals surface area contributed by atoms with Crippen molar-refractivity contribution in [2.45, 2.75) is 6.61 Å². The number of ether oxygens (including phenoxy) is 2. The number of aliphatic imine (C=N–C) groups is 1. The van der Waals surface area contributed by atoms with Crippen molar-refractivity contribution in [3.05, 3.63) is 42.0 Å². The average molecular weight is 429 g/mol. The molecular weight excluding hydrogens is 412 g/mol. The van der Waals surface area contributed by atoms with Gasteiger partial charge in [0.1, 0.15) is 23.8 Å². The van der Waals surface area contributed by atoms with E-state index in [1.807, 2.05) is 0 Å². The number of nitrogens with one attached hydrogen (secondary N) is 4. The Morgan fingerprint density at radius 3 is 3.13 bits per heavy atom. The van der Waals surface area contributed by atoms with Gasteiger partial charge in [0.05, 0.1) is 22.5 Å². The number of carbonyl (C=O) groups is 1. The normalized spacial score (nSPS) is 16.7. The first-order chi connectivity index (χ1) is 15.1. The third-order valence-electron chi connectivity index (χ3n) is 4.83. The number of halogens is 2. The highest BCUT2D eigenvalue weighted by molar-refractivity contribution is 6.07. The van der Waals surface area contributed by atoms with Gasteiger partial charge < -0.3 is 20.1 Å². The van der Waals surface area contributed by atoms with Gasteiger partial charge in [-0.3, -0.25) is 14.9 Å². The molecule has 4 N–H and O–H groups in total. The molecule has 0 saturated carbocycles. The Kier molecular flexibility index (Phi) is 4.75. The molecule has 0 aliphatic carbocycles. The number of fused-ring (bicyclic) bond motifs is 2. The maximum absolute atomic E-state index is 13.0. The van der Waals surface area contributed by atoms with Crippen LogP contribution in [0.25, 0.3) is 11.3 Å². The number of aromatic amines is 1. The van der Waals surface area contributed by atoms with Crippen molar-refractivity contribution in [2.24, 2.45) is 4.99 Å². The summed E-state index contributed by atoms with van der Waals surface area (Å²) in [6, 6.07) is 2.99. The molecule has 0 radical (unpaired) electrons. The molecule has 3 aliphatic heterocycles. The van der Waals surface area contributed by atoms with Gasteiger partial charge in [-0.2, -0.15) is 13.9 Å². The van der Waals surface area contributed by atoms with Gasteiger partial charge in [0.15, 0.2) is 5.82 Å². The molecule has 1 amide bonds. The van der Waals surface area contributed by atoms with Crippen LogP contribution in [0.4, 0.5) is 20.2 Å².